The molecule has 0 amide bonds. The van der Waals surface area contributed by atoms with Gasteiger partial charge in [-0.2, -0.15) is 0 Å². The fourth-order valence-electron chi connectivity index (χ4n) is 3.32. The molecule has 0 unspecified atom stereocenters. The summed E-state index contributed by atoms with van der Waals surface area (Å²) in [6, 6.07) is 11.3. The normalized spacial score (nSPS) is 16.1. The Bertz CT molecular complexity index is 570. The number of hydrogen-bond donors (Lipinski definition) is 1. The number of nitrogens with zero attached hydrogens (tertiary/aromatic N) is 2. The van der Waals surface area contributed by atoms with Gasteiger partial charge in [-0.25, -0.2) is 0 Å². The van der Waals surface area contributed by atoms with Crippen LogP contribution in [0.5, 0.6) is 0 Å². The van der Waals surface area contributed by atoms with Crippen LogP contribution in [0.3, 0.4) is 0 Å². The Hall–Kier alpha value is -1.45. The molecule has 2 aromatic rings. The van der Waals surface area contributed by atoms with Crippen LogP contribution < -0.4 is 5.32 Å². The highest BCUT2D eigenvalue weighted by molar-refractivity contribution is 5.81. The average molecular weight is 283 g/mol. The maximum atomic E-state index is 4.41. The second kappa shape index (κ2) is 7.01. The molecule has 1 aromatic heterocycles. The number of nitrogens with one attached hydrogen (secondary N) is 1. The van der Waals surface area contributed by atoms with Crippen molar-refractivity contribution in [3.63, 3.8) is 0 Å². The van der Waals surface area contributed by atoms with Gasteiger partial charge in [-0.1, -0.05) is 31.0 Å². The van der Waals surface area contributed by atoms with Gasteiger partial charge in [-0.05, 0) is 37.6 Å². The molecule has 0 radical (unpaired) electrons. The van der Waals surface area contributed by atoms with Crippen molar-refractivity contribution in [1.29, 1.82) is 0 Å². The Morgan fingerprint density at radius 1 is 1.19 bits per heavy atom. The molecule has 21 heavy (non-hydrogen) atoms. The van der Waals surface area contributed by atoms with Crippen molar-refractivity contribution in [3.05, 3.63) is 42.1 Å². The first-order chi connectivity index (χ1) is 10.3. The predicted molar refractivity (Wildman–Crippen MR) is 88.3 cm³/mol. The first kappa shape index (κ1) is 14.5. The molecular weight excluding hydrogens is 258 g/mol. The summed E-state index contributed by atoms with van der Waals surface area (Å²) in [5, 5.41) is 4.84. The molecule has 112 valence electrons. The number of aromatic nitrogens is 1. The quantitative estimate of drug-likeness (QED) is 0.825. The standard InChI is InChI=1S/C18H25N3/c1-21(16-6-2-3-7-16)13-12-19-14-15-10-11-20-18-9-5-4-8-17(15)18/h4-5,8-11,16,19H,2-3,6-7,12-14H2,1H3. The molecule has 0 bridgehead atoms. The van der Waals surface area contributed by atoms with Crippen LogP contribution in [0.15, 0.2) is 36.5 Å². The van der Waals surface area contributed by atoms with Crippen molar-refractivity contribution in [2.75, 3.05) is 20.1 Å². The Kier molecular flexibility index (Phi) is 4.84. The summed E-state index contributed by atoms with van der Waals surface area (Å²) < 4.78 is 0. The summed E-state index contributed by atoms with van der Waals surface area (Å²) in [4.78, 5) is 6.93. The molecule has 1 aliphatic rings. The number of para-hydroxylation sites is 1. The third-order valence-electron chi connectivity index (χ3n) is 4.64. The Morgan fingerprint density at radius 2 is 2.00 bits per heavy atom. The maximum Gasteiger partial charge on any atom is 0.0705 e. The topological polar surface area (TPSA) is 28.2 Å². The highest BCUT2D eigenvalue weighted by Gasteiger charge is 2.18. The number of likely N-dealkylation sites (N-methyl/N-ethyl adjacent to an activating group) is 1. The SMILES string of the molecule is CN(CCNCc1ccnc2ccccc12)C1CCCC1. The first-order valence-electron chi connectivity index (χ1n) is 8.08. The van der Waals surface area contributed by atoms with E-state index in [1.807, 2.05) is 12.3 Å². The monoisotopic (exact) mass is 283 g/mol. The second-order valence-corrected chi connectivity index (χ2v) is 6.08. The van der Waals surface area contributed by atoms with Crippen LogP contribution in [0.1, 0.15) is 31.2 Å². The number of rotatable bonds is 6. The third-order valence-corrected chi connectivity index (χ3v) is 4.64. The van der Waals surface area contributed by atoms with Crippen LogP contribution in [-0.2, 0) is 6.54 Å². The fraction of sp³-hybridized carbons (Fsp3) is 0.500. The average Bonchev–Trinajstić information content (AvgIpc) is 3.06. The van der Waals surface area contributed by atoms with E-state index >= 15 is 0 Å². The minimum atomic E-state index is 0.813. The van der Waals surface area contributed by atoms with Crippen LogP contribution >= 0.6 is 0 Å². The van der Waals surface area contributed by atoms with E-state index in [9.17, 15) is 0 Å². The lowest BCUT2D eigenvalue weighted by atomic mass is 10.1. The van der Waals surface area contributed by atoms with E-state index in [0.717, 1.165) is 31.2 Å². The highest BCUT2D eigenvalue weighted by atomic mass is 15.1. The predicted octanol–water partition coefficient (Wildman–Crippen LogP) is 3.20. The first-order valence-corrected chi connectivity index (χ1v) is 8.08. The van der Waals surface area contributed by atoms with E-state index in [0.29, 0.717) is 0 Å². The zero-order valence-electron chi connectivity index (χ0n) is 12.9. The molecule has 1 heterocycles. The minimum Gasteiger partial charge on any atom is -0.311 e. The van der Waals surface area contributed by atoms with Crippen molar-refractivity contribution in [3.8, 4) is 0 Å². The van der Waals surface area contributed by atoms with Crippen LogP contribution in [0, 0.1) is 0 Å². The van der Waals surface area contributed by atoms with E-state index in [2.05, 4.69) is 46.5 Å². The van der Waals surface area contributed by atoms with Crippen molar-refractivity contribution >= 4 is 10.9 Å². The van der Waals surface area contributed by atoms with Gasteiger partial charge >= 0.3 is 0 Å². The van der Waals surface area contributed by atoms with Crippen LogP contribution in [0.25, 0.3) is 10.9 Å². The molecule has 1 fully saturated rings. The van der Waals surface area contributed by atoms with Crippen LogP contribution in [-0.4, -0.2) is 36.1 Å². The van der Waals surface area contributed by atoms with Crippen molar-refractivity contribution in [2.45, 2.75) is 38.3 Å². The number of fused-ring (bicyclic) bond motifs is 1. The number of pyridine rings is 1. The summed E-state index contributed by atoms with van der Waals surface area (Å²) >= 11 is 0. The van der Waals surface area contributed by atoms with Crippen molar-refractivity contribution < 1.29 is 0 Å². The number of benzene rings is 1. The van der Waals surface area contributed by atoms with E-state index in [1.54, 1.807) is 0 Å². The zero-order valence-corrected chi connectivity index (χ0v) is 12.9. The highest BCUT2D eigenvalue weighted by Crippen LogP contribution is 2.21. The van der Waals surface area contributed by atoms with E-state index in [4.69, 9.17) is 0 Å². The molecule has 3 heteroatoms. The van der Waals surface area contributed by atoms with Gasteiger partial charge in [0.15, 0.2) is 0 Å². The Morgan fingerprint density at radius 3 is 2.86 bits per heavy atom. The van der Waals surface area contributed by atoms with Gasteiger partial charge in [-0.3, -0.25) is 4.98 Å². The van der Waals surface area contributed by atoms with Gasteiger partial charge in [-0.15, -0.1) is 0 Å². The molecule has 0 spiro atoms. The summed E-state index contributed by atoms with van der Waals surface area (Å²) in [5.41, 5.74) is 2.42. The molecular formula is C18H25N3. The number of hydrogen-bond acceptors (Lipinski definition) is 3. The van der Waals surface area contributed by atoms with Gasteiger partial charge < -0.3 is 10.2 Å². The van der Waals surface area contributed by atoms with E-state index < -0.39 is 0 Å². The molecule has 1 aromatic carbocycles. The fourth-order valence-corrected chi connectivity index (χ4v) is 3.32. The van der Waals surface area contributed by atoms with E-state index in [1.165, 1.54) is 36.6 Å². The minimum absolute atomic E-state index is 0.813. The van der Waals surface area contributed by atoms with Gasteiger partial charge in [0.2, 0.25) is 0 Å². The molecule has 3 nitrogen and oxygen atoms in total. The van der Waals surface area contributed by atoms with Crippen LogP contribution in [0.2, 0.25) is 0 Å². The van der Waals surface area contributed by atoms with Gasteiger partial charge in [0, 0.05) is 37.3 Å². The summed E-state index contributed by atoms with van der Waals surface area (Å²) in [6.07, 6.45) is 7.48. The third kappa shape index (κ3) is 3.60. The smallest absolute Gasteiger partial charge is 0.0705 e. The van der Waals surface area contributed by atoms with Crippen molar-refractivity contribution in [2.24, 2.45) is 0 Å². The lowest BCUT2D eigenvalue weighted by molar-refractivity contribution is 0.245. The lowest BCUT2D eigenvalue weighted by Crippen LogP contribution is -2.35. The van der Waals surface area contributed by atoms with Crippen molar-refractivity contribution in [1.82, 2.24) is 15.2 Å². The molecule has 0 aliphatic heterocycles. The maximum absolute atomic E-state index is 4.41. The van der Waals surface area contributed by atoms with Gasteiger partial charge in [0.25, 0.3) is 0 Å². The van der Waals surface area contributed by atoms with Gasteiger partial charge in [0.1, 0.15) is 0 Å². The Balaban J connectivity index is 1.50. The largest absolute Gasteiger partial charge is 0.311 e. The molecule has 1 saturated carbocycles. The summed E-state index contributed by atoms with van der Waals surface area (Å²) in [7, 11) is 2.26. The molecule has 0 saturated heterocycles. The molecule has 1 aliphatic carbocycles. The molecule has 0 atom stereocenters. The van der Waals surface area contributed by atoms with Gasteiger partial charge in [0.05, 0.1) is 5.52 Å². The van der Waals surface area contributed by atoms with Crippen LogP contribution in [0.4, 0.5) is 0 Å². The molecule has 1 N–H and O–H groups in total. The second-order valence-electron chi connectivity index (χ2n) is 6.08. The summed E-state index contributed by atoms with van der Waals surface area (Å²) in [5.74, 6) is 0. The van der Waals surface area contributed by atoms with E-state index in [-0.39, 0.29) is 0 Å². The molecule has 3 rings (SSSR count). The Labute approximate surface area is 127 Å². The summed E-state index contributed by atoms with van der Waals surface area (Å²) in [6.45, 7) is 3.10. The lowest BCUT2D eigenvalue weighted by Gasteiger charge is -2.24. The zero-order chi connectivity index (χ0) is 14.5.